The Hall–Kier alpha value is 0.170. The third-order valence-electron chi connectivity index (χ3n) is 1.27. The number of hydrogen-bond acceptors (Lipinski definition) is 4. The zero-order valence-corrected chi connectivity index (χ0v) is 10.4. The van der Waals surface area contributed by atoms with E-state index in [0.717, 1.165) is 5.75 Å². The number of carbonyl (C=O) groups excluding carboxylic acids is 1. The van der Waals surface area contributed by atoms with E-state index in [9.17, 15) is 4.79 Å². The molecule has 0 aliphatic heterocycles. The lowest BCUT2D eigenvalue weighted by Gasteiger charge is -2.22. The highest BCUT2D eigenvalue weighted by Crippen LogP contribution is 2.35. The summed E-state index contributed by atoms with van der Waals surface area (Å²) in [6.45, 7) is 8.60. The van der Waals surface area contributed by atoms with Crippen molar-refractivity contribution in [3.05, 3.63) is 0 Å². The maximum absolute atomic E-state index is 10.9. The van der Waals surface area contributed by atoms with E-state index in [4.69, 9.17) is 4.74 Å². The maximum Gasteiger partial charge on any atom is 0.305 e. The Kier molecular flexibility index (Phi) is 6.68. The Labute approximate surface area is 88.6 Å². The Morgan fingerprint density at radius 2 is 2.00 bits per heavy atom. The van der Waals surface area contributed by atoms with Crippen LogP contribution in [0.2, 0.25) is 0 Å². The Bertz CT molecular complexity index is 158. The van der Waals surface area contributed by atoms with Crippen molar-refractivity contribution in [3.63, 3.8) is 0 Å². The van der Waals surface area contributed by atoms with E-state index < -0.39 is 0 Å². The molecule has 0 aromatic carbocycles. The Balaban J connectivity index is 3.67. The molecule has 0 aromatic rings. The molecule has 0 saturated heterocycles. The Morgan fingerprint density at radius 3 is 2.46 bits per heavy atom. The first kappa shape index (κ1) is 13.2. The molecular weight excluding hydrogens is 204 g/mol. The van der Waals surface area contributed by atoms with Gasteiger partial charge < -0.3 is 4.74 Å². The summed E-state index contributed by atoms with van der Waals surface area (Å²) in [4.78, 5) is 10.9. The SMILES string of the molecule is CCSSC(C)(C)COC(=O)CC. The molecule has 0 atom stereocenters. The second-order valence-corrected chi connectivity index (χ2v) is 6.56. The molecule has 0 aromatic heterocycles. The number of hydrogen-bond donors (Lipinski definition) is 0. The van der Waals surface area contributed by atoms with E-state index in [1.54, 1.807) is 21.6 Å². The van der Waals surface area contributed by atoms with Crippen LogP contribution in [0.15, 0.2) is 0 Å². The van der Waals surface area contributed by atoms with Crippen LogP contribution in [-0.4, -0.2) is 23.1 Å². The molecule has 0 aliphatic carbocycles. The van der Waals surface area contributed by atoms with Gasteiger partial charge in [-0.05, 0) is 13.8 Å². The van der Waals surface area contributed by atoms with Gasteiger partial charge in [0.05, 0.1) is 4.75 Å². The molecule has 78 valence electrons. The molecule has 2 nitrogen and oxygen atoms in total. The minimum Gasteiger partial charge on any atom is -0.464 e. The van der Waals surface area contributed by atoms with Crippen LogP contribution >= 0.6 is 21.6 Å². The van der Waals surface area contributed by atoms with Crippen LogP contribution in [0.4, 0.5) is 0 Å². The third kappa shape index (κ3) is 7.26. The summed E-state index contributed by atoms with van der Waals surface area (Å²) in [6, 6.07) is 0. The zero-order chi connectivity index (χ0) is 10.3. The predicted molar refractivity (Wildman–Crippen MR) is 61.1 cm³/mol. The number of carbonyl (C=O) groups is 1. The Morgan fingerprint density at radius 1 is 1.38 bits per heavy atom. The fourth-order valence-electron chi connectivity index (χ4n) is 0.599. The van der Waals surface area contributed by atoms with Crippen molar-refractivity contribution in [1.82, 2.24) is 0 Å². The smallest absolute Gasteiger partial charge is 0.305 e. The molecule has 0 saturated carbocycles. The fourth-order valence-corrected chi connectivity index (χ4v) is 2.60. The molecule has 0 rings (SSSR count). The highest BCUT2D eigenvalue weighted by Gasteiger charge is 2.20. The van der Waals surface area contributed by atoms with E-state index >= 15 is 0 Å². The maximum atomic E-state index is 10.9. The fraction of sp³-hybridized carbons (Fsp3) is 0.889. The molecule has 0 aliphatic rings. The normalized spacial score (nSPS) is 11.4. The van der Waals surface area contributed by atoms with Crippen LogP contribution in [0.5, 0.6) is 0 Å². The molecule has 0 bridgehead atoms. The third-order valence-corrected chi connectivity index (χ3v) is 4.61. The molecule has 4 heteroatoms. The molecule has 13 heavy (non-hydrogen) atoms. The molecular formula is C9H18O2S2. The van der Waals surface area contributed by atoms with Gasteiger partial charge in [-0.3, -0.25) is 4.79 Å². The van der Waals surface area contributed by atoms with Crippen LogP contribution in [-0.2, 0) is 9.53 Å². The van der Waals surface area contributed by atoms with Gasteiger partial charge in [-0.1, -0.05) is 35.4 Å². The van der Waals surface area contributed by atoms with Gasteiger partial charge >= 0.3 is 5.97 Å². The topological polar surface area (TPSA) is 26.3 Å². The highest BCUT2D eigenvalue weighted by molar-refractivity contribution is 8.77. The summed E-state index contributed by atoms with van der Waals surface area (Å²) in [5, 5.41) is 0. The van der Waals surface area contributed by atoms with E-state index in [-0.39, 0.29) is 10.7 Å². The summed E-state index contributed by atoms with van der Waals surface area (Å²) in [6.07, 6.45) is 0.460. The monoisotopic (exact) mass is 222 g/mol. The van der Waals surface area contributed by atoms with Crippen LogP contribution in [0.1, 0.15) is 34.1 Å². The van der Waals surface area contributed by atoms with Crippen molar-refractivity contribution >= 4 is 27.6 Å². The van der Waals surface area contributed by atoms with Crippen molar-refractivity contribution in [2.45, 2.75) is 38.9 Å². The predicted octanol–water partition coefficient (Wildman–Crippen LogP) is 3.12. The molecule has 0 amide bonds. The van der Waals surface area contributed by atoms with Gasteiger partial charge in [0, 0.05) is 12.2 Å². The minimum absolute atomic E-state index is 0.0194. The number of esters is 1. The molecule has 0 heterocycles. The van der Waals surface area contributed by atoms with Crippen molar-refractivity contribution < 1.29 is 9.53 Å². The quantitative estimate of drug-likeness (QED) is 0.509. The molecule has 0 radical (unpaired) electrons. The number of rotatable bonds is 6. The molecule has 0 unspecified atom stereocenters. The lowest BCUT2D eigenvalue weighted by molar-refractivity contribution is -0.143. The summed E-state index contributed by atoms with van der Waals surface area (Å²) in [5.74, 6) is 0.964. The molecule has 0 fully saturated rings. The summed E-state index contributed by atoms with van der Waals surface area (Å²) >= 11 is 0. The highest BCUT2D eigenvalue weighted by atomic mass is 33.1. The summed E-state index contributed by atoms with van der Waals surface area (Å²) in [5.41, 5.74) is 0. The second-order valence-electron chi connectivity index (χ2n) is 3.26. The first-order valence-corrected chi connectivity index (χ1v) is 6.80. The van der Waals surface area contributed by atoms with Gasteiger partial charge in [-0.25, -0.2) is 0 Å². The molecule has 0 spiro atoms. The zero-order valence-electron chi connectivity index (χ0n) is 8.75. The summed E-state index contributed by atoms with van der Waals surface area (Å²) in [7, 11) is 3.57. The van der Waals surface area contributed by atoms with Gasteiger partial charge in [0.15, 0.2) is 0 Å². The van der Waals surface area contributed by atoms with Gasteiger partial charge in [-0.15, -0.1) is 0 Å². The first-order chi connectivity index (χ1) is 6.02. The average molecular weight is 222 g/mol. The van der Waals surface area contributed by atoms with Crippen molar-refractivity contribution in [2.24, 2.45) is 0 Å². The van der Waals surface area contributed by atoms with Gasteiger partial charge in [-0.2, -0.15) is 0 Å². The van der Waals surface area contributed by atoms with Gasteiger partial charge in [0.1, 0.15) is 6.61 Å². The summed E-state index contributed by atoms with van der Waals surface area (Å²) < 4.78 is 5.10. The molecule has 0 N–H and O–H groups in total. The van der Waals surface area contributed by atoms with Crippen LogP contribution in [0.25, 0.3) is 0 Å². The van der Waals surface area contributed by atoms with Crippen LogP contribution in [0.3, 0.4) is 0 Å². The van der Waals surface area contributed by atoms with Gasteiger partial charge in [0.2, 0.25) is 0 Å². The van der Waals surface area contributed by atoms with E-state index in [2.05, 4.69) is 20.8 Å². The van der Waals surface area contributed by atoms with Crippen molar-refractivity contribution in [1.29, 1.82) is 0 Å². The van der Waals surface area contributed by atoms with E-state index in [1.165, 1.54) is 0 Å². The van der Waals surface area contributed by atoms with E-state index in [0.29, 0.717) is 13.0 Å². The first-order valence-electron chi connectivity index (χ1n) is 4.48. The number of ether oxygens (including phenoxy) is 1. The van der Waals surface area contributed by atoms with Crippen LogP contribution in [0, 0.1) is 0 Å². The standard InChI is InChI=1S/C9H18O2S2/c1-5-8(10)11-7-9(3,4)13-12-6-2/h5-7H2,1-4H3. The lowest BCUT2D eigenvalue weighted by Crippen LogP contribution is -2.23. The lowest BCUT2D eigenvalue weighted by atomic mass is 10.2. The van der Waals surface area contributed by atoms with Crippen LogP contribution < -0.4 is 0 Å². The second kappa shape index (κ2) is 6.60. The minimum atomic E-state index is -0.116. The van der Waals surface area contributed by atoms with Crippen molar-refractivity contribution in [2.75, 3.05) is 12.4 Å². The van der Waals surface area contributed by atoms with E-state index in [1.807, 2.05) is 6.92 Å². The van der Waals surface area contributed by atoms with Crippen molar-refractivity contribution in [3.8, 4) is 0 Å². The van der Waals surface area contributed by atoms with Gasteiger partial charge in [0.25, 0.3) is 0 Å². The largest absolute Gasteiger partial charge is 0.464 e. The average Bonchev–Trinajstić information content (AvgIpc) is 2.11.